The summed E-state index contributed by atoms with van der Waals surface area (Å²) in [5, 5.41) is 9.20. The Morgan fingerprint density at radius 3 is 2.44 bits per heavy atom. The lowest BCUT2D eigenvalue weighted by Crippen LogP contribution is -2.41. The van der Waals surface area contributed by atoms with E-state index in [4.69, 9.17) is 0 Å². The van der Waals surface area contributed by atoms with Crippen LogP contribution in [-0.4, -0.2) is 29.4 Å². The first kappa shape index (κ1) is 12.7. The Morgan fingerprint density at radius 2 is 1.89 bits per heavy atom. The molecular weight excluding hydrogens is 242 g/mol. The average Bonchev–Trinajstić information content (AvgIpc) is 2.73. The van der Waals surface area contributed by atoms with Crippen LogP contribution in [0.5, 0.6) is 0 Å². The van der Waals surface area contributed by atoms with Crippen molar-refractivity contribution in [3.8, 4) is 0 Å². The molecule has 0 saturated heterocycles. The van der Waals surface area contributed by atoms with Gasteiger partial charge >= 0.3 is 0 Å². The van der Waals surface area contributed by atoms with Gasteiger partial charge in [-0.25, -0.2) is 4.68 Å². The maximum atomic E-state index is 11.3. The molecule has 0 aliphatic rings. The Morgan fingerprint density at radius 1 is 1.22 bits per heavy atom. The third-order valence-electron chi connectivity index (χ3n) is 2.77. The first-order chi connectivity index (χ1) is 8.52. The molecule has 0 aliphatic carbocycles. The zero-order valence-electron chi connectivity index (χ0n) is 10.9. The number of carbonyl (C=O) groups excluding carboxylic acids is 1. The monoisotopic (exact) mass is 259 g/mol. The number of rotatable bonds is 4. The van der Waals surface area contributed by atoms with E-state index in [2.05, 4.69) is 30.0 Å². The lowest BCUT2D eigenvalue weighted by Gasteiger charge is -2.12. The van der Waals surface area contributed by atoms with Gasteiger partial charge < -0.3 is 0 Å². The van der Waals surface area contributed by atoms with Crippen molar-refractivity contribution in [2.24, 2.45) is 0 Å². The van der Waals surface area contributed by atoms with Crippen molar-refractivity contribution in [1.82, 2.24) is 15.0 Å². The van der Waals surface area contributed by atoms with E-state index in [0.717, 1.165) is 17.2 Å². The largest absolute Gasteiger partial charge is 0.296 e. The number of carbonyl (C=O) groups is 1. The van der Waals surface area contributed by atoms with Gasteiger partial charge in [0.2, 0.25) is 0 Å². The molecule has 0 aliphatic heterocycles. The van der Waals surface area contributed by atoms with Gasteiger partial charge in [0.05, 0.1) is 11.9 Å². The first-order valence-electron chi connectivity index (χ1n) is 5.95. The smallest absolute Gasteiger partial charge is 0.169 e. The number of benzene rings is 1. The molecule has 0 amide bonds. The molecule has 2 rings (SSSR count). The minimum atomic E-state index is -1.62. The van der Waals surface area contributed by atoms with Crippen molar-refractivity contribution in [2.45, 2.75) is 26.2 Å². The van der Waals surface area contributed by atoms with Crippen LogP contribution < -0.4 is 5.32 Å². The summed E-state index contributed by atoms with van der Waals surface area (Å²) in [6, 6.07) is 9.96. The highest BCUT2D eigenvalue weighted by molar-refractivity contribution is 6.88. The van der Waals surface area contributed by atoms with Gasteiger partial charge in [-0.05, 0) is 5.56 Å². The number of aromatic nitrogens is 3. The van der Waals surface area contributed by atoms with Crippen molar-refractivity contribution in [1.29, 1.82) is 0 Å². The molecule has 0 N–H and O–H groups in total. The molecule has 5 heteroatoms. The van der Waals surface area contributed by atoms with E-state index in [1.165, 1.54) is 0 Å². The highest BCUT2D eigenvalue weighted by Gasteiger charge is 2.26. The maximum Gasteiger partial charge on any atom is 0.169 e. The average molecular weight is 259 g/mol. The summed E-state index contributed by atoms with van der Waals surface area (Å²) in [5.74, 6) is 0. The highest BCUT2D eigenvalue weighted by Crippen LogP contribution is 2.06. The van der Waals surface area contributed by atoms with E-state index >= 15 is 0 Å². The topological polar surface area (TPSA) is 47.8 Å². The summed E-state index contributed by atoms with van der Waals surface area (Å²) < 4.78 is 1.69. The van der Waals surface area contributed by atoms with Gasteiger partial charge in [0.15, 0.2) is 6.29 Å². The molecular formula is C13H17N3OSi. The highest BCUT2D eigenvalue weighted by atomic mass is 28.3. The second kappa shape index (κ2) is 4.86. The molecule has 0 atom stereocenters. The van der Waals surface area contributed by atoms with E-state index in [-0.39, 0.29) is 0 Å². The van der Waals surface area contributed by atoms with Crippen LogP contribution in [0.25, 0.3) is 0 Å². The molecule has 0 unspecified atom stereocenters. The summed E-state index contributed by atoms with van der Waals surface area (Å²) in [5.41, 5.74) is 1.74. The van der Waals surface area contributed by atoms with Crippen molar-refractivity contribution >= 4 is 19.7 Å². The Hall–Kier alpha value is -1.75. The van der Waals surface area contributed by atoms with Crippen molar-refractivity contribution in [3.05, 3.63) is 41.6 Å². The lowest BCUT2D eigenvalue weighted by atomic mass is 10.2. The summed E-state index contributed by atoms with van der Waals surface area (Å²) >= 11 is 0. The zero-order chi connectivity index (χ0) is 13.2. The summed E-state index contributed by atoms with van der Waals surface area (Å²) in [4.78, 5) is 11.3. The fourth-order valence-corrected chi connectivity index (χ4v) is 3.15. The standard InChI is InChI=1S/C13H17N3OSi/c1-18(2,3)13-12(10-17)16(15-14-13)9-11-7-5-4-6-8-11/h4-8,10H,9H2,1-3H3. The first-order valence-corrected chi connectivity index (χ1v) is 9.45. The molecule has 94 valence electrons. The molecule has 1 heterocycles. The predicted molar refractivity (Wildman–Crippen MR) is 73.9 cm³/mol. The molecule has 0 radical (unpaired) electrons. The van der Waals surface area contributed by atoms with Crippen molar-refractivity contribution in [2.75, 3.05) is 0 Å². The van der Waals surface area contributed by atoms with Crippen LogP contribution in [-0.2, 0) is 6.54 Å². The minimum absolute atomic E-state index is 0.590. The van der Waals surface area contributed by atoms with Gasteiger partial charge in [0, 0.05) is 0 Å². The van der Waals surface area contributed by atoms with Crippen LogP contribution >= 0.6 is 0 Å². The number of nitrogens with zero attached hydrogens (tertiary/aromatic N) is 3. The lowest BCUT2D eigenvalue weighted by molar-refractivity contribution is 0.111. The van der Waals surface area contributed by atoms with Gasteiger partial charge in [-0.1, -0.05) is 55.2 Å². The zero-order valence-corrected chi connectivity index (χ0v) is 11.9. The van der Waals surface area contributed by atoms with E-state index in [1.807, 2.05) is 30.3 Å². The molecule has 0 saturated carbocycles. The number of aldehydes is 1. The molecule has 2 aromatic rings. The van der Waals surface area contributed by atoms with Gasteiger partial charge in [0.25, 0.3) is 0 Å². The quantitative estimate of drug-likeness (QED) is 0.620. The number of hydrogen-bond acceptors (Lipinski definition) is 3. The third kappa shape index (κ3) is 2.56. The van der Waals surface area contributed by atoms with E-state index in [9.17, 15) is 4.79 Å². The SMILES string of the molecule is C[Si](C)(C)c1nnn(Cc2ccccc2)c1C=O. The van der Waals surface area contributed by atoms with Crippen LogP contribution in [0.2, 0.25) is 19.6 Å². The molecule has 0 bridgehead atoms. The Balaban J connectivity index is 2.35. The van der Waals surface area contributed by atoms with Crippen LogP contribution in [0.3, 0.4) is 0 Å². The second-order valence-electron chi connectivity index (χ2n) is 5.33. The van der Waals surface area contributed by atoms with Gasteiger partial charge in [-0.15, -0.1) is 5.10 Å². The fraction of sp³-hybridized carbons (Fsp3) is 0.308. The number of hydrogen-bond donors (Lipinski definition) is 0. The third-order valence-corrected chi connectivity index (χ3v) is 4.55. The molecule has 1 aromatic heterocycles. The predicted octanol–water partition coefficient (Wildman–Crippen LogP) is 1.68. The van der Waals surface area contributed by atoms with E-state index < -0.39 is 8.07 Å². The molecule has 4 nitrogen and oxygen atoms in total. The van der Waals surface area contributed by atoms with E-state index in [0.29, 0.717) is 12.2 Å². The van der Waals surface area contributed by atoms with E-state index in [1.54, 1.807) is 4.68 Å². The van der Waals surface area contributed by atoms with Crippen LogP contribution in [0.15, 0.2) is 30.3 Å². The second-order valence-corrected chi connectivity index (χ2v) is 10.3. The van der Waals surface area contributed by atoms with Crippen LogP contribution in [0.4, 0.5) is 0 Å². The van der Waals surface area contributed by atoms with Crippen LogP contribution in [0.1, 0.15) is 16.1 Å². The van der Waals surface area contributed by atoms with Gasteiger partial charge in [-0.2, -0.15) is 0 Å². The van der Waals surface area contributed by atoms with Crippen LogP contribution in [0, 0.1) is 0 Å². The molecule has 0 fully saturated rings. The fourth-order valence-electron chi connectivity index (χ4n) is 1.84. The minimum Gasteiger partial charge on any atom is -0.296 e. The maximum absolute atomic E-state index is 11.3. The van der Waals surface area contributed by atoms with Gasteiger partial charge in [-0.3, -0.25) is 4.79 Å². The Kier molecular flexibility index (Phi) is 3.42. The normalized spacial score (nSPS) is 11.5. The van der Waals surface area contributed by atoms with Gasteiger partial charge in [0.1, 0.15) is 13.8 Å². The molecule has 1 aromatic carbocycles. The summed E-state index contributed by atoms with van der Waals surface area (Å²) in [7, 11) is -1.62. The Bertz CT molecular complexity index is 543. The van der Waals surface area contributed by atoms with Crippen molar-refractivity contribution < 1.29 is 4.79 Å². The summed E-state index contributed by atoms with van der Waals surface area (Å²) in [6.45, 7) is 7.08. The Labute approximate surface area is 108 Å². The molecule has 0 spiro atoms. The summed E-state index contributed by atoms with van der Waals surface area (Å²) in [6.07, 6.45) is 0.872. The van der Waals surface area contributed by atoms with Crippen molar-refractivity contribution in [3.63, 3.8) is 0 Å². The molecule has 18 heavy (non-hydrogen) atoms.